The van der Waals surface area contributed by atoms with E-state index in [9.17, 15) is 0 Å². The van der Waals surface area contributed by atoms with E-state index in [4.69, 9.17) is 16.3 Å². The highest BCUT2D eigenvalue weighted by Crippen LogP contribution is 2.27. The van der Waals surface area contributed by atoms with Gasteiger partial charge >= 0.3 is 0 Å². The van der Waals surface area contributed by atoms with Crippen LogP contribution in [-0.4, -0.2) is 32.8 Å². The van der Waals surface area contributed by atoms with Crippen LogP contribution in [-0.2, 0) is 11.3 Å². The third-order valence-electron chi connectivity index (χ3n) is 3.75. The first kappa shape index (κ1) is 15.6. The maximum atomic E-state index is 6.41. The summed E-state index contributed by atoms with van der Waals surface area (Å²) in [6.07, 6.45) is 3.96. The minimum absolute atomic E-state index is 0.339. The quantitative estimate of drug-likeness (QED) is 0.870. The van der Waals surface area contributed by atoms with E-state index in [0.29, 0.717) is 6.10 Å². The summed E-state index contributed by atoms with van der Waals surface area (Å²) in [5.74, 6) is 0. The summed E-state index contributed by atoms with van der Waals surface area (Å²) in [4.78, 5) is 2.20. The van der Waals surface area contributed by atoms with E-state index in [2.05, 4.69) is 42.4 Å². The van der Waals surface area contributed by atoms with Gasteiger partial charge in [-0.25, -0.2) is 0 Å². The predicted molar refractivity (Wildman–Crippen MR) is 85.7 cm³/mol. The van der Waals surface area contributed by atoms with Crippen LogP contribution >= 0.6 is 11.6 Å². The molecule has 1 aromatic carbocycles. The zero-order chi connectivity index (χ0) is 14.4. The van der Waals surface area contributed by atoms with E-state index in [1.807, 2.05) is 0 Å². The molecule has 1 saturated heterocycles. The molecule has 2 rings (SSSR count). The lowest BCUT2D eigenvalue weighted by atomic mass is 10.1. The van der Waals surface area contributed by atoms with Crippen molar-refractivity contribution in [2.75, 3.05) is 31.6 Å². The predicted octanol–water partition coefficient (Wildman–Crippen LogP) is 3.45. The summed E-state index contributed by atoms with van der Waals surface area (Å²) in [6.45, 7) is 5.75. The Morgan fingerprint density at radius 1 is 1.40 bits per heavy atom. The fourth-order valence-electron chi connectivity index (χ4n) is 2.59. The van der Waals surface area contributed by atoms with E-state index in [1.54, 1.807) is 0 Å². The Balaban J connectivity index is 1.96. The van der Waals surface area contributed by atoms with E-state index in [1.165, 1.54) is 18.4 Å². The van der Waals surface area contributed by atoms with E-state index >= 15 is 0 Å². The lowest BCUT2D eigenvalue weighted by molar-refractivity contribution is 0.0216. The molecule has 0 amide bonds. The molecule has 1 unspecified atom stereocenters. The highest BCUT2D eigenvalue weighted by atomic mass is 35.5. The van der Waals surface area contributed by atoms with Crippen LogP contribution in [0.15, 0.2) is 18.2 Å². The minimum Gasteiger partial charge on any atom is -0.376 e. The zero-order valence-electron chi connectivity index (χ0n) is 12.5. The van der Waals surface area contributed by atoms with Crippen LogP contribution in [0, 0.1) is 0 Å². The van der Waals surface area contributed by atoms with Crippen molar-refractivity contribution in [3.05, 3.63) is 28.8 Å². The molecule has 1 atom stereocenters. The Bertz CT molecular complexity index is 419. The fraction of sp³-hybridized carbons (Fsp3) is 0.625. The van der Waals surface area contributed by atoms with Crippen molar-refractivity contribution in [2.24, 2.45) is 0 Å². The van der Waals surface area contributed by atoms with Crippen molar-refractivity contribution >= 4 is 17.3 Å². The van der Waals surface area contributed by atoms with E-state index < -0.39 is 0 Å². The third kappa shape index (κ3) is 4.37. The molecule has 1 aromatic rings. The van der Waals surface area contributed by atoms with Gasteiger partial charge in [-0.15, -0.1) is 0 Å². The molecular weight excluding hydrogens is 272 g/mol. The monoisotopic (exact) mass is 296 g/mol. The number of benzene rings is 1. The Morgan fingerprint density at radius 3 is 2.90 bits per heavy atom. The molecule has 0 radical (unpaired) electrons. The maximum Gasteiger partial charge on any atom is 0.0749 e. The highest BCUT2D eigenvalue weighted by Gasteiger charge is 2.17. The molecule has 3 nitrogen and oxygen atoms in total. The molecule has 4 heteroatoms. The summed E-state index contributed by atoms with van der Waals surface area (Å²) < 4.78 is 5.79. The summed E-state index contributed by atoms with van der Waals surface area (Å²) in [5, 5.41) is 4.13. The van der Waals surface area contributed by atoms with Crippen LogP contribution in [0.2, 0.25) is 5.02 Å². The topological polar surface area (TPSA) is 24.5 Å². The van der Waals surface area contributed by atoms with Crippen molar-refractivity contribution in [1.82, 2.24) is 5.32 Å². The van der Waals surface area contributed by atoms with Gasteiger partial charge in [0.05, 0.1) is 16.8 Å². The second-order valence-electron chi connectivity index (χ2n) is 5.44. The van der Waals surface area contributed by atoms with Gasteiger partial charge in [0.15, 0.2) is 0 Å². The Kier molecular flexibility index (Phi) is 6.14. The third-order valence-corrected chi connectivity index (χ3v) is 4.06. The fourth-order valence-corrected chi connectivity index (χ4v) is 2.94. The minimum atomic E-state index is 0.339. The second-order valence-corrected chi connectivity index (χ2v) is 5.84. The average molecular weight is 297 g/mol. The molecule has 0 saturated carbocycles. The molecule has 0 aliphatic carbocycles. The Labute approximate surface area is 127 Å². The summed E-state index contributed by atoms with van der Waals surface area (Å²) in [7, 11) is 2.09. The molecule has 1 aliphatic heterocycles. The van der Waals surface area contributed by atoms with Gasteiger partial charge in [0.25, 0.3) is 0 Å². The van der Waals surface area contributed by atoms with Crippen molar-refractivity contribution in [3.63, 3.8) is 0 Å². The average Bonchev–Trinajstić information content (AvgIpc) is 2.46. The molecule has 1 heterocycles. The van der Waals surface area contributed by atoms with Gasteiger partial charge in [-0.2, -0.15) is 0 Å². The van der Waals surface area contributed by atoms with E-state index in [-0.39, 0.29) is 0 Å². The van der Waals surface area contributed by atoms with Crippen LogP contribution in [0.4, 0.5) is 5.69 Å². The molecule has 112 valence electrons. The van der Waals surface area contributed by atoms with Crippen LogP contribution in [0.25, 0.3) is 0 Å². The van der Waals surface area contributed by atoms with Crippen molar-refractivity contribution in [2.45, 2.75) is 38.8 Å². The lowest BCUT2D eigenvalue weighted by Gasteiger charge is -2.29. The smallest absolute Gasteiger partial charge is 0.0749 e. The van der Waals surface area contributed by atoms with Gasteiger partial charge in [0.1, 0.15) is 0 Å². The van der Waals surface area contributed by atoms with Crippen LogP contribution in [0.1, 0.15) is 31.7 Å². The molecule has 1 N–H and O–H groups in total. The molecular formula is C16H25ClN2O. The zero-order valence-corrected chi connectivity index (χ0v) is 13.2. The molecule has 1 fully saturated rings. The molecule has 1 aliphatic rings. The summed E-state index contributed by atoms with van der Waals surface area (Å²) in [6, 6.07) is 6.30. The number of nitrogens with one attached hydrogen (secondary N) is 1. The largest absolute Gasteiger partial charge is 0.376 e. The number of anilines is 1. The second kappa shape index (κ2) is 7.87. The van der Waals surface area contributed by atoms with Crippen molar-refractivity contribution in [3.8, 4) is 0 Å². The first-order valence-corrected chi connectivity index (χ1v) is 7.90. The van der Waals surface area contributed by atoms with Crippen molar-refractivity contribution < 1.29 is 4.74 Å². The van der Waals surface area contributed by atoms with Gasteiger partial charge in [-0.1, -0.05) is 24.6 Å². The number of halogens is 1. The number of ether oxygens (including phenoxy) is 1. The van der Waals surface area contributed by atoms with Crippen LogP contribution < -0.4 is 10.2 Å². The molecule has 0 spiro atoms. The number of nitrogens with zero attached hydrogens (tertiary/aromatic N) is 1. The van der Waals surface area contributed by atoms with Gasteiger partial charge in [-0.3, -0.25) is 0 Å². The van der Waals surface area contributed by atoms with Gasteiger partial charge in [0, 0.05) is 26.7 Å². The van der Waals surface area contributed by atoms with Crippen LogP contribution in [0.5, 0.6) is 0 Å². The van der Waals surface area contributed by atoms with Gasteiger partial charge in [0.2, 0.25) is 0 Å². The molecule has 20 heavy (non-hydrogen) atoms. The first-order chi connectivity index (χ1) is 9.70. The molecule has 0 aromatic heterocycles. The SMILES string of the molecule is CCNCc1ccc(N(C)CC2CCCCO2)c(Cl)c1. The van der Waals surface area contributed by atoms with Gasteiger partial charge < -0.3 is 15.0 Å². The maximum absolute atomic E-state index is 6.41. The Morgan fingerprint density at radius 2 is 2.25 bits per heavy atom. The number of likely N-dealkylation sites (N-methyl/N-ethyl adjacent to an activating group) is 1. The highest BCUT2D eigenvalue weighted by molar-refractivity contribution is 6.33. The number of hydrogen-bond acceptors (Lipinski definition) is 3. The van der Waals surface area contributed by atoms with Crippen molar-refractivity contribution in [1.29, 1.82) is 0 Å². The number of hydrogen-bond donors (Lipinski definition) is 1. The first-order valence-electron chi connectivity index (χ1n) is 7.52. The normalized spacial score (nSPS) is 19.1. The number of rotatable bonds is 6. The molecule has 0 bridgehead atoms. The van der Waals surface area contributed by atoms with Crippen LogP contribution in [0.3, 0.4) is 0 Å². The Hall–Kier alpha value is -0.770. The standard InChI is InChI=1S/C16H25ClN2O/c1-3-18-11-13-7-8-16(15(17)10-13)19(2)12-14-6-4-5-9-20-14/h7-8,10,14,18H,3-6,9,11-12H2,1-2H3. The summed E-state index contributed by atoms with van der Waals surface area (Å²) in [5.41, 5.74) is 2.31. The van der Waals surface area contributed by atoms with E-state index in [0.717, 1.165) is 43.4 Å². The summed E-state index contributed by atoms with van der Waals surface area (Å²) >= 11 is 6.41. The van der Waals surface area contributed by atoms with Gasteiger partial charge in [-0.05, 0) is 43.5 Å². The lowest BCUT2D eigenvalue weighted by Crippen LogP contribution is -2.33.